The lowest BCUT2D eigenvalue weighted by molar-refractivity contribution is -0.0498. The van der Waals surface area contributed by atoms with Gasteiger partial charge in [0.2, 0.25) is 10.0 Å². The average molecular weight is 431 g/mol. The maximum Gasteiger partial charge on any atom is 0.387 e. The van der Waals surface area contributed by atoms with Gasteiger partial charge in [-0.25, -0.2) is 8.42 Å². The summed E-state index contributed by atoms with van der Waals surface area (Å²) < 4.78 is 55.3. The Balaban J connectivity index is 1.80. The zero-order valence-electron chi connectivity index (χ0n) is 14.6. The van der Waals surface area contributed by atoms with Crippen LogP contribution < -0.4 is 10.1 Å². The van der Waals surface area contributed by atoms with Gasteiger partial charge in [0.1, 0.15) is 5.75 Å². The summed E-state index contributed by atoms with van der Waals surface area (Å²) in [6.07, 6.45) is 1.59. The molecule has 0 radical (unpaired) electrons. The van der Waals surface area contributed by atoms with Gasteiger partial charge in [0, 0.05) is 18.8 Å². The minimum atomic E-state index is -3.69. The fourth-order valence-corrected chi connectivity index (χ4v) is 4.58. The van der Waals surface area contributed by atoms with Crippen LogP contribution in [0.5, 0.6) is 5.75 Å². The van der Waals surface area contributed by atoms with Gasteiger partial charge in [-0.15, -0.1) is 0 Å². The van der Waals surface area contributed by atoms with Crippen LogP contribution >= 0.6 is 11.6 Å². The van der Waals surface area contributed by atoms with Crippen molar-refractivity contribution in [3.05, 3.63) is 53.1 Å². The fraction of sp³-hybridized carbons (Fsp3) is 0.278. The van der Waals surface area contributed by atoms with E-state index in [1.165, 1.54) is 46.8 Å². The van der Waals surface area contributed by atoms with E-state index in [9.17, 15) is 22.0 Å². The van der Waals surface area contributed by atoms with Gasteiger partial charge in [-0.3, -0.25) is 4.79 Å². The molecular formula is C18H17ClF2N2O4S. The molecule has 0 spiro atoms. The number of benzene rings is 2. The molecule has 1 aliphatic rings. The predicted molar refractivity (Wildman–Crippen MR) is 100 cm³/mol. The Morgan fingerprint density at radius 3 is 2.36 bits per heavy atom. The zero-order chi connectivity index (χ0) is 20.3. The standard InChI is InChI=1S/C18H17ClF2N2O4S/c19-16-8-7-14(28(25,26)23-9-1-2-10-23)11-15(16)17(24)22-12-3-5-13(6-4-12)27-18(20)21/h3-8,11,18H,1-2,9-10H2,(H,22,24). The molecular weight excluding hydrogens is 414 g/mol. The Morgan fingerprint density at radius 1 is 1.11 bits per heavy atom. The largest absolute Gasteiger partial charge is 0.435 e. The summed E-state index contributed by atoms with van der Waals surface area (Å²) in [5, 5.41) is 2.65. The molecule has 1 fully saturated rings. The van der Waals surface area contributed by atoms with Crippen LogP contribution in [0.4, 0.5) is 14.5 Å². The highest BCUT2D eigenvalue weighted by Gasteiger charge is 2.28. The van der Waals surface area contributed by atoms with Crippen LogP contribution in [-0.4, -0.2) is 38.3 Å². The van der Waals surface area contributed by atoms with Crippen molar-refractivity contribution in [1.29, 1.82) is 0 Å². The quantitative estimate of drug-likeness (QED) is 0.752. The fourth-order valence-electron chi connectivity index (χ4n) is 2.83. The number of sulfonamides is 1. The van der Waals surface area contributed by atoms with Crippen molar-refractivity contribution in [2.45, 2.75) is 24.3 Å². The number of anilines is 1. The van der Waals surface area contributed by atoms with Crippen LogP contribution in [0.2, 0.25) is 5.02 Å². The van der Waals surface area contributed by atoms with Crippen molar-refractivity contribution < 1.29 is 26.7 Å². The lowest BCUT2D eigenvalue weighted by atomic mass is 10.2. The number of amides is 1. The van der Waals surface area contributed by atoms with E-state index in [1.807, 2.05) is 0 Å². The van der Waals surface area contributed by atoms with Crippen molar-refractivity contribution >= 4 is 33.2 Å². The summed E-state index contributed by atoms with van der Waals surface area (Å²) in [6, 6.07) is 9.28. The number of halogens is 3. The number of hydrogen-bond donors (Lipinski definition) is 1. The van der Waals surface area contributed by atoms with Crippen molar-refractivity contribution in [3.63, 3.8) is 0 Å². The van der Waals surface area contributed by atoms with Gasteiger partial charge in [0.15, 0.2) is 0 Å². The van der Waals surface area contributed by atoms with Crippen molar-refractivity contribution in [1.82, 2.24) is 4.31 Å². The molecule has 28 heavy (non-hydrogen) atoms. The molecule has 0 bridgehead atoms. The van der Waals surface area contributed by atoms with Crippen LogP contribution in [0.1, 0.15) is 23.2 Å². The van der Waals surface area contributed by atoms with Crippen LogP contribution in [0.15, 0.2) is 47.4 Å². The van der Waals surface area contributed by atoms with Crippen molar-refractivity contribution in [2.24, 2.45) is 0 Å². The van der Waals surface area contributed by atoms with Gasteiger partial charge in [-0.05, 0) is 55.3 Å². The van der Waals surface area contributed by atoms with E-state index >= 15 is 0 Å². The molecule has 0 atom stereocenters. The summed E-state index contributed by atoms with van der Waals surface area (Å²) in [6.45, 7) is -2.06. The Kier molecular flexibility index (Phi) is 6.17. The Morgan fingerprint density at radius 2 is 1.75 bits per heavy atom. The maximum atomic E-state index is 12.7. The third-order valence-electron chi connectivity index (χ3n) is 4.22. The smallest absolute Gasteiger partial charge is 0.387 e. The number of hydrogen-bond acceptors (Lipinski definition) is 4. The lowest BCUT2D eigenvalue weighted by Gasteiger charge is -2.16. The van der Waals surface area contributed by atoms with Gasteiger partial charge >= 0.3 is 6.61 Å². The first-order chi connectivity index (χ1) is 13.3. The molecule has 0 unspecified atom stereocenters. The second kappa shape index (κ2) is 8.42. The zero-order valence-corrected chi connectivity index (χ0v) is 16.1. The normalized spacial score (nSPS) is 15.0. The molecule has 6 nitrogen and oxygen atoms in total. The second-order valence-corrected chi connectivity index (χ2v) is 8.45. The number of carbonyl (C=O) groups is 1. The average Bonchev–Trinajstić information content (AvgIpc) is 3.18. The number of alkyl halides is 2. The maximum absolute atomic E-state index is 12.7. The highest BCUT2D eigenvalue weighted by molar-refractivity contribution is 7.89. The number of carbonyl (C=O) groups excluding carboxylic acids is 1. The molecule has 0 saturated carbocycles. The summed E-state index contributed by atoms with van der Waals surface area (Å²) >= 11 is 6.08. The summed E-state index contributed by atoms with van der Waals surface area (Å²) in [5.41, 5.74) is 0.310. The highest BCUT2D eigenvalue weighted by Crippen LogP contribution is 2.26. The topological polar surface area (TPSA) is 75.7 Å². The Bertz CT molecular complexity index is 962. The molecule has 0 aliphatic carbocycles. The minimum absolute atomic E-state index is 0.00477. The number of rotatable bonds is 6. The molecule has 10 heteroatoms. The van der Waals surface area contributed by atoms with Crippen LogP contribution in [0.3, 0.4) is 0 Å². The van der Waals surface area contributed by atoms with E-state index in [0.717, 1.165) is 12.8 Å². The molecule has 1 amide bonds. The van der Waals surface area contributed by atoms with E-state index in [0.29, 0.717) is 18.8 Å². The molecule has 1 heterocycles. The molecule has 2 aromatic rings. The van der Waals surface area contributed by atoms with Crippen molar-refractivity contribution in [2.75, 3.05) is 18.4 Å². The minimum Gasteiger partial charge on any atom is -0.435 e. The van der Waals surface area contributed by atoms with E-state index in [-0.39, 0.29) is 21.2 Å². The van der Waals surface area contributed by atoms with Gasteiger partial charge in [-0.1, -0.05) is 11.6 Å². The third kappa shape index (κ3) is 4.60. The van der Waals surface area contributed by atoms with E-state index in [1.54, 1.807) is 0 Å². The molecule has 1 aliphatic heterocycles. The third-order valence-corrected chi connectivity index (χ3v) is 6.45. The summed E-state index contributed by atoms with van der Waals surface area (Å²) in [5.74, 6) is -0.671. The highest BCUT2D eigenvalue weighted by atomic mass is 35.5. The van der Waals surface area contributed by atoms with E-state index in [4.69, 9.17) is 11.6 Å². The Hall–Kier alpha value is -2.23. The van der Waals surface area contributed by atoms with Crippen LogP contribution in [-0.2, 0) is 10.0 Å². The molecule has 2 aromatic carbocycles. The molecule has 1 N–H and O–H groups in total. The first-order valence-electron chi connectivity index (χ1n) is 8.43. The van der Waals surface area contributed by atoms with Gasteiger partial charge in [0.25, 0.3) is 5.91 Å². The molecule has 0 aromatic heterocycles. The van der Waals surface area contributed by atoms with Crippen LogP contribution in [0.25, 0.3) is 0 Å². The van der Waals surface area contributed by atoms with Crippen LogP contribution in [0, 0.1) is 0 Å². The number of ether oxygens (including phenoxy) is 1. The first kappa shape index (κ1) is 20.5. The van der Waals surface area contributed by atoms with E-state index in [2.05, 4.69) is 10.1 Å². The number of nitrogens with zero attached hydrogens (tertiary/aromatic N) is 1. The summed E-state index contributed by atoms with van der Waals surface area (Å²) in [7, 11) is -3.69. The monoisotopic (exact) mass is 430 g/mol. The van der Waals surface area contributed by atoms with Crippen molar-refractivity contribution in [3.8, 4) is 5.75 Å². The Labute approximate surface area is 166 Å². The molecule has 150 valence electrons. The van der Waals surface area contributed by atoms with Gasteiger partial charge < -0.3 is 10.1 Å². The SMILES string of the molecule is O=C(Nc1ccc(OC(F)F)cc1)c1cc(S(=O)(=O)N2CCCC2)ccc1Cl. The summed E-state index contributed by atoms with van der Waals surface area (Å²) in [4.78, 5) is 12.5. The van der Waals surface area contributed by atoms with Gasteiger partial charge in [0.05, 0.1) is 15.5 Å². The first-order valence-corrected chi connectivity index (χ1v) is 10.2. The van der Waals surface area contributed by atoms with Gasteiger partial charge in [-0.2, -0.15) is 13.1 Å². The predicted octanol–water partition coefficient (Wildman–Crippen LogP) is 3.98. The number of nitrogens with one attached hydrogen (secondary N) is 1. The molecule has 1 saturated heterocycles. The molecule has 3 rings (SSSR count). The lowest BCUT2D eigenvalue weighted by Crippen LogP contribution is -2.28. The second-order valence-electron chi connectivity index (χ2n) is 6.11. The van der Waals surface area contributed by atoms with E-state index < -0.39 is 22.5 Å².